The van der Waals surface area contributed by atoms with E-state index in [9.17, 15) is 13.2 Å². The van der Waals surface area contributed by atoms with Gasteiger partial charge in [0.1, 0.15) is 5.75 Å². The number of aliphatic hydroxyl groups is 1. The zero-order valence-corrected chi connectivity index (χ0v) is 9.98. The van der Waals surface area contributed by atoms with E-state index in [1.54, 1.807) is 13.1 Å². The highest BCUT2D eigenvalue weighted by Crippen LogP contribution is 2.23. The van der Waals surface area contributed by atoms with Gasteiger partial charge < -0.3 is 9.84 Å². The van der Waals surface area contributed by atoms with Crippen molar-refractivity contribution in [2.75, 3.05) is 0 Å². The highest BCUT2D eigenvalue weighted by molar-refractivity contribution is 5.37. The normalized spacial score (nSPS) is 11.6. The lowest BCUT2D eigenvalue weighted by Gasteiger charge is -2.09. The molecule has 0 unspecified atom stereocenters. The van der Waals surface area contributed by atoms with Crippen LogP contribution < -0.4 is 4.74 Å². The van der Waals surface area contributed by atoms with Crippen LogP contribution in [0.4, 0.5) is 13.2 Å². The van der Waals surface area contributed by atoms with Crippen LogP contribution in [0.2, 0.25) is 0 Å². The second-order valence-electron chi connectivity index (χ2n) is 3.88. The molecule has 1 aromatic carbocycles. The fraction of sp³-hybridized carbons (Fsp3) is 0.250. The first kappa shape index (κ1) is 13.4. The molecule has 0 saturated carbocycles. The van der Waals surface area contributed by atoms with Gasteiger partial charge in [0.25, 0.3) is 0 Å². The van der Waals surface area contributed by atoms with Crippen LogP contribution in [0.25, 0.3) is 5.69 Å². The van der Waals surface area contributed by atoms with Crippen molar-refractivity contribution in [3.63, 3.8) is 0 Å². The Morgan fingerprint density at radius 1 is 1.26 bits per heavy atom. The third kappa shape index (κ3) is 3.25. The molecular weight excluding hydrogens is 261 g/mol. The van der Waals surface area contributed by atoms with E-state index in [0.29, 0.717) is 16.9 Å². The number of halogens is 3. The molecule has 0 aliphatic heterocycles. The number of hydrogen-bond donors (Lipinski definition) is 1. The molecule has 7 heteroatoms. The number of nitrogens with zero attached hydrogens (tertiary/aromatic N) is 2. The summed E-state index contributed by atoms with van der Waals surface area (Å²) < 4.78 is 41.3. The molecule has 0 fully saturated rings. The highest BCUT2D eigenvalue weighted by Gasteiger charge is 2.30. The lowest BCUT2D eigenvalue weighted by Crippen LogP contribution is -2.17. The van der Waals surface area contributed by atoms with E-state index >= 15 is 0 Å². The summed E-state index contributed by atoms with van der Waals surface area (Å²) in [7, 11) is 0. The van der Waals surface area contributed by atoms with Crippen LogP contribution in [0.1, 0.15) is 11.3 Å². The van der Waals surface area contributed by atoms with Crippen molar-refractivity contribution in [2.24, 2.45) is 0 Å². The van der Waals surface area contributed by atoms with E-state index in [2.05, 4.69) is 9.84 Å². The molecule has 0 bridgehead atoms. The predicted molar refractivity (Wildman–Crippen MR) is 60.9 cm³/mol. The average Bonchev–Trinajstić information content (AvgIpc) is 2.69. The van der Waals surface area contributed by atoms with Crippen LogP contribution in [0.5, 0.6) is 5.75 Å². The number of rotatable bonds is 3. The van der Waals surface area contributed by atoms with Crippen molar-refractivity contribution >= 4 is 0 Å². The van der Waals surface area contributed by atoms with E-state index in [1.807, 2.05) is 0 Å². The Labute approximate surface area is 107 Å². The smallest absolute Gasteiger partial charge is 0.406 e. The predicted octanol–water partition coefficient (Wildman–Crippen LogP) is 2.57. The summed E-state index contributed by atoms with van der Waals surface area (Å²) in [6, 6.07) is 5.32. The summed E-state index contributed by atoms with van der Waals surface area (Å²) in [5.74, 6) is -0.289. The van der Waals surface area contributed by atoms with E-state index in [-0.39, 0.29) is 12.4 Å². The fourth-order valence-electron chi connectivity index (χ4n) is 1.58. The summed E-state index contributed by atoms with van der Waals surface area (Å²) in [4.78, 5) is 0. The van der Waals surface area contributed by atoms with Gasteiger partial charge in [-0.1, -0.05) is 0 Å². The van der Waals surface area contributed by atoms with Crippen molar-refractivity contribution in [3.8, 4) is 11.4 Å². The maximum absolute atomic E-state index is 12.0. The first-order valence-electron chi connectivity index (χ1n) is 5.41. The molecule has 0 saturated heterocycles. The molecule has 4 nitrogen and oxygen atoms in total. The monoisotopic (exact) mass is 272 g/mol. The van der Waals surface area contributed by atoms with Gasteiger partial charge in [0, 0.05) is 11.8 Å². The second-order valence-corrected chi connectivity index (χ2v) is 3.88. The summed E-state index contributed by atoms with van der Waals surface area (Å²) in [6.45, 7) is 1.60. The number of aliphatic hydroxyl groups excluding tert-OH is 1. The van der Waals surface area contributed by atoms with E-state index in [4.69, 9.17) is 5.11 Å². The van der Waals surface area contributed by atoms with Gasteiger partial charge in [-0.15, -0.1) is 13.2 Å². The summed E-state index contributed by atoms with van der Waals surface area (Å²) in [5.41, 5.74) is 1.91. The van der Waals surface area contributed by atoms with Crippen LogP contribution in [-0.2, 0) is 6.61 Å². The average molecular weight is 272 g/mol. The molecule has 0 radical (unpaired) electrons. The van der Waals surface area contributed by atoms with Gasteiger partial charge in [0.15, 0.2) is 0 Å². The summed E-state index contributed by atoms with van der Waals surface area (Å²) >= 11 is 0. The van der Waals surface area contributed by atoms with Crippen molar-refractivity contribution in [3.05, 3.63) is 41.7 Å². The van der Waals surface area contributed by atoms with Crippen LogP contribution in [0.15, 0.2) is 30.5 Å². The number of benzene rings is 1. The van der Waals surface area contributed by atoms with E-state index in [1.165, 1.54) is 28.9 Å². The fourth-order valence-corrected chi connectivity index (χ4v) is 1.58. The third-order valence-electron chi connectivity index (χ3n) is 2.51. The first-order chi connectivity index (χ1) is 8.89. The minimum Gasteiger partial charge on any atom is -0.406 e. The van der Waals surface area contributed by atoms with Gasteiger partial charge in [-0.25, -0.2) is 4.68 Å². The lowest BCUT2D eigenvalue weighted by atomic mass is 10.3. The molecule has 0 aliphatic rings. The SMILES string of the molecule is Cc1nn(-c2ccc(OC(F)(F)F)cc2)cc1CO. The molecule has 2 aromatic rings. The van der Waals surface area contributed by atoms with Gasteiger partial charge in [0.2, 0.25) is 0 Å². The molecule has 1 N–H and O–H groups in total. The Bertz CT molecular complexity index is 561. The Kier molecular flexibility index (Phi) is 3.48. The molecule has 1 aromatic heterocycles. The van der Waals surface area contributed by atoms with Crippen LogP contribution in [0, 0.1) is 6.92 Å². The van der Waals surface area contributed by atoms with Gasteiger partial charge in [-0.05, 0) is 31.2 Å². The maximum atomic E-state index is 12.0. The third-order valence-corrected chi connectivity index (χ3v) is 2.51. The molecule has 0 aliphatic carbocycles. The van der Waals surface area contributed by atoms with E-state index < -0.39 is 6.36 Å². The Morgan fingerprint density at radius 2 is 1.89 bits per heavy atom. The number of hydrogen-bond acceptors (Lipinski definition) is 3. The van der Waals surface area contributed by atoms with E-state index in [0.717, 1.165) is 0 Å². The van der Waals surface area contributed by atoms with Crippen molar-refractivity contribution < 1.29 is 23.0 Å². The molecule has 1 heterocycles. The molecule has 0 amide bonds. The van der Waals surface area contributed by atoms with Crippen molar-refractivity contribution in [1.82, 2.24) is 9.78 Å². The largest absolute Gasteiger partial charge is 0.573 e. The topological polar surface area (TPSA) is 47.3 Å². The quantitative estimate of drug-likeness (QED) is 0.934. The molecule has 102 valence electrons. The summed E-state index contributed by atoms with van der Waals surface area (Å²) in [6.07, 6.45) is -3.08. The van der Waals surface area contributed by atoms with Gasteiger partial charge in [-0.3, -0.25) is 0 Å². The Balaban J connectivity index is 2.22. The van der Waals surface area contributed by atoms with Gasteiger partial charge in [0.05, 0.1) is 18.0 Å². The minimum atomic E-state index is -4.70. The lowest BCUT2D eigenvalue weighted by molar-refractivity contribution is -0.274. The Morgan fingerprint density at radius 3 is 2.37 bits per heavy atom. The van der Waals surface area contributed by atoms with Crippen molar-refractivity contribution in [2.45, 2.75) is 19.9 Å². The number of aryl methyl sites for hydroxylation is 1. The maximum Gasteiger partial charge on any atom is 0.573 e. The molecular formula is C12H11F3N2O2. The standard InChI is InChI=1S/C12H11F3N2O2/c1-8-9(7-18)6-17(16-8)10-2-4-11(5-3-10)19-12(13,14)15/h2-6,18H,7H2,1H3. The first-order valence-corrected chi connectivity index (χ1v) is 5.41. The minimum absolute atomic E-state index is 0.138. The number of ether oxygens (including phenoxy) is 1. The van der Waals surface area contributed by atoms with Crippen LogP contribution in [0.3, 0.4) is 0 Å². The molecule has 0 spiro atoms. The molecule has 19 heavy (non-hydrogen) atoms. The summed E-state index contributed by atoms with van der Waals surface area (Å²) in [5, 5.41) is 13.2. The zero-order valence-electron chi connectivity index (χ0n) is 9.98. The molecule has 0 atom stereocenters. The zero-order chi connectivity index (χ0) is 14.0. The van der Waals surface area contributed by atoms with Crippen LogP contribution in [-0.4, -0.2) is 21.2 Å². The van der Waals surface area contributed by atoms with Gasteiger partial charge in [-0.2, -0.15) is 5.10 Å². The van der Waals surface area contributed by atoms with Crippen molar-refractivity contribution in [1.29, 1.82) is 0 Å². The number of aromatic nitrogens is 2. The Hall–Kier alpha value is -2.02. The van der Waals surface area contributed by atoms with Crippen LogP contribution >= 0.6 is 0 Å². The van der Waals surface area contributed by atoms with Gasteiger partial charge >= 0.3 is 6.36 Å². The highest BCUT2D eigenvalue weighted by atomic mass is 19.4. The second kappa shape index (κ2) is 4.93. The number of alkyl halides is 3. The molecule has 2 rings (SSSR count).